The van der Waals surface area contributed by atoms with Gasteiger partial charge in [-0.25, -0.2) is 10.1 Å². The normalized spacial score (nSPS) is 13.4. The van der Waals surface area contributed by atoms with Crippen LogP contribution in [0.4, 0.5) is 17.1 Å². The van der Waals surface area contributed by atoms with E-state index in [0.29, 0.717) is 0 Å². The molecular weight excluding hydrogens is 506 g/mol. The Hall–Kier alpha value is -4.64. The number of aryl methyl sites for hydroxylation is 2. The largest absolute Gasteiger partial charge is 0.310 e. The molecule has 40 heavy (non-hydrogen) atoms. The van der Waals surface area contributed by atoms with Crippen LogP contribution in [0.2, 0.25) is 0 Å². The van der Waals surface area contributed by atoms with Crippen LogP contribution < -0.4 is 4.90 Å². The lowest BCUT2D eigenvalue weighted by Gasteiger charge is -2.29. The van der Waals surface area contributed by atoms with Gasteiger partial charge in [0.05, 0.1) is 12.6 Å². The number of nitrogens with zero attached hydrogens (tertiary/aromatic N) is 3. The zero-order valence-electron chi connectivity index (χ0n) is 23.3. The molecule has 0 aliphatic heterocycles. The van der Waals surface area contributed by atoms with Gasteiger partial charge in [-0.3, -0.25) is 0 Å². The summed E-state index contributed by atoms with van der Waals surface area (Å²) >= 11 is 1.66. The maximum absolute atomic E-state index is 9.24. The molecule has 6 rings (SSSR count). The predicted octanol–water partition coefficient (Wildman–Crippen LogP) is 10.4. The summed E-state index contributed by atoms with van der Waals surface area (Å²) in [4.78, 5) is 7.88. The molecule has 194 valence electrons. The van der Waals surface area contributed by atoms with Crippen molar-refractivity contribution >= 4 is 45.2 Å². The van der Waals surface area contributed by atoms with Gasteiger partial charge in [0.2, 0.25) is 0 Å². The first kappa shape index (κ1) is 25.6. The number of allylic oxidation sites excluding steroid dienone is 1. The minimum atomic E-state index is -0.206. The first-order valence-electron chi connectivity index (χ1n) is 13.4. The number of benzene rings is 4. The van der Waals surface area contributed by atoms with Crippen LogP contribution in [0.5, 0.6) is 0 Å². The molecule has 3 nitrogen and oxygen atoms in total. The van der Waals surface area contributed by atoms with Crippen molar-refractivity contribution in [1.82, 2.24) is 0 Å². The monoisotopic (exact) mass is 535 g/mol. The standard InChI is InChI=1S/C36H29N3S/c1-22-15-30(16-23(2)24(22)3)39(28-12-11-25-9-7-8-10-26(25)17-28)29-13-14-32-33(19-29)36(4,5)34-20-31(40-35(32)34)18-27(21-37)38-6/h7-20H,1-5H3/b27-18-. The molecule has 0 atom stereocenters. The van der Waals surface area contributed by atoms with Crippen LogP contribution in [-0.2, 0) is 5.41 Å². The van der Waals surface area contributed by atoms with E-state index in [0.717, 1.165) is 21.9 Å². The fourth-order valence-electron chi connectivity index (χ4n) is 5.81. The lowest BCUT2D eigenvalue weighted by Crippen LogP contribution is -2.16. The molecule has 0 spiro atoms. The zero-order valence-corrected chi connectivity index (χ0v) is 24.1. The summed E-state index contributed by atoms with van der Waals surface area (Å²) in [6.07, 6.45) is 1.70. The third kappa shape index (κ3) is 4.10. The number of hydrogen-bond donors (Lipinski definition) is 0. The summed E-state index contributed by atoms with van der Waals surface area (Å²) < 4.78 is 0. The number of hydrogen-bond acceptors (Lipinski definition) is 3. The predicted molar refractivity (Wildman–Crippen MR) is 168 cm³/mol. The van der Waals surface area contributed by atoms with Crippen LogP contribution in [0.25, 0.3) is 32.1 Å². The van der Waals surface area contributed by atoms with E-state index in [9.17, 15) is 5.26 Å². The highest BCUT2D eigenvalue weighted by molar-refractivity contribution is 7.16. The number of fused-ring (bicyclic) bond motifs is 4. The SMILES string of the molecule is [C-]#[N+]/C(C#N)=C\c1cc2c(s1)-c1ccc(N(c3cc(C)c(C)c(C)c3)c3ccc4ccccc4c3)cc1C2(C)C. The summed E-state index contributed by atoms with van der Waals surface area (Å²) in [5.74, 6) is 0. The van der Waals surface area contributed by atoms with Crippen molar-refractivity contribution in [2.45, 2.75) is 40.0 Å². The number of anilines is 3. The van der Waals surface area contributed by atoms with Crippen molar-refractivity contribution < 1.29 is 0 Å². The molecule has 1 aliphatic rings. The van der Waals surface area contributed by atoms with E-state index in [1.165, 1.54) is 49.0 Å². The van der Waals surface area contributed by atoms with Crippen molar-refractivity contribution in [2.75, 3.05) is 4.90 Å². The van der Waals surface area contributed by atoms with E-state index in [-0.39, 0.29) is 11.1 Å². The van der Waals surface area contributed by atoms with Crippen LogP contribution in [0, 0.1) is 38.7 Å². The third-order valence-corrected chi connectivity index (χ3v) is 9.39. The number of rotatable bonds is 4. The smallest absolute Gasteiger partial charge is 0.263 e. The van der Waals surface area contributed by atoms with E-state index in [1.807, 2.05) is 6.07 Å². The van der Waals surface area contributed by atoms with Crippen molar-refractivity contribution in [3.63, 3.8) is 0 Å². The Morgan fingerprint density at radius 1 is 0.850 bits per heavy atom. The molecule has 4 heteroatoms. The quantitative estimate of drug-likeness (QED) is 0.169. The summed E-state index contributed by atoms with van der Waals surface area (Å²) in [7, 11) is 0. The van der Waals surface area contributed by atoms with E-state index in [4.69, 9.17) is 6.57 Å². The van der Waals surface area contributed by atoms with Gasteiger partial charge in [0.1, 0.15) is 0 Å². The summed E-state index contributed by atoms with van der Waals surface area (Å²) in [5, 5.41) is 11.7. The van der Waals surface area contributed by atoms with Gasteiger partial charge in [-0.1, -0.05) is 50.2 Å². The Balaban J connectivity index is 1.53. The Kier molecular flexibility index (Phi) is 6.10. The molecule has 0 saturated carbocycles. The lowest BCUT2D eigenvalue weighted by atomic mass is 9.82. The fourth-order valence-corrected chi connectivity index (χ4v) is 7.10. The van der Waals surface area contributed by atoms with Gasteiger partial charge in [-0.2, -0.15) is 0 Å². The van der Waals surface area contributed by atoms with E-state index in [1.54, 1.807) is 17.4 Å². The van der Waals surface area contributed by atoms with Gasteiger partial charge in [0.15, 0.2) is 0 Å². The Morgan fingerprint density at radius 2 is 1.52 bits per heavy atom. The molecule has 0 bridgehead atoms. The molecule has 1 heterocycles. The fraction of sp³-hybridized carbons (Fsp3) is 0.167. The zero-order chi connectivity index (χ0) is 28.2. The van der Waals surface area contributed by atoms with E-state index >= 15 is 0 Å². The van der Waals surface area contributed by atoms with Crippen LogP contribution in [0.15, 0.2) is 84.6 Å². The lowest BCUT2D eigenvalue weighted by molar-refractivity contribution is 0.662. The summed E-state index contributed by atoms with van der Waals surface area (Å²) in [6.45, 7) is 18.3. The van der Waals surface area contributed by atoms with Crippen molar-refractivity contribution in [3.8, 4) is 16.5 Å². The number of thiophene rings is 1. The van der Waals surface area contributed by atoms with Crippen LogP contribution in [0.1, 0.15) is 46.5 Å². The maximum Gasteiger partial charge on any atom is 0.263 e. The summed E-state index contributed by atoms with van der Waals surface area (Å²) in [5.41, 5.74) is 11.0. The Bertz CT molecular complexity index is 1900. The minimum Gasteiger partial charge on any atom is -0.310 e. The van der Waals surface area contributed by atoms with Gasteiger partial charge in [0, 0.05) is 32.2 Å². The molecule has 1 aliphatic carbocycles. The molecular formula is C36H29N3S. The average molecular weight is 536 g/mol. The molecule has 0 saturated heterocycles. The van der Waals surface area contributed by atoms with Gasteiger partial charge in [0.25, 0.3) is 5.70 Å². The topological polar surface area (TPSA) is 31.4 Å². The van der Waals surface area contributed by atoms with Crippen LogP contribution >= 0.6 is 11.3 Å². The van der Waals surface area contributed by atoms with Crippen molar-refractivity contribution in [1.29, 1.82) is 5.26 Å². The third-order valence-electron chi connectivity index (χ3n) is 8.28. The second-order valence-corrected chi connectivity index (χ2v) is 12.2. The van der Waals surface area contributed by atoms with E-state index < -0.39 is 0 Å². The average Bonchev–Trinajstić information content (AvgIpc) is 3.46. The second kappa shape index (κ2) is 9.53. The van der Waals surface area contributed by atoms with Gasteiger partial charge in [-0.05, 0) is 113 Å². The Morgan fingerprint density at radius 3 is 2.23 bits per heavy atom. The first-order chi connectivity index (χ1) is 19.2. The Labute approximate surface area is 240 Å². The summed E-state index contributed by atoms with van der Waals surface area (Å²) in [6, 6.07) is 30.7. The minimum absolute atomic E-state index is 0.114. The van der Waals surface area contributed by atoms with Crippen molar-refractivity contribution in [2.24, 2.45) is 0 Å². The first-order valence-corrected chi connectivity index (χ1v) is 14.2. The highest BCUT2D eigenvalue weighted by atomic mass is 32.1. The molecule has 1 aromatic heterocycles. The molecule has 0 N–H and O–H groups in total. The molecule has 0 unspecified atom stereocenters. The molecule has 0 amide bonds. The van der Waals surface area contributed by atoms with Crippen LogP contribution in [-0.4, -0.2) is 0 Å². The van der Waals surface area contributed by atoms with Crippen molar-refractivity contribution in [3.05, 3.63) is 129 Å². The molecule has 0 fully saturated rings. The van der Waals surface area contributed by atoms with Crippen LogP contribution in [0.3, 0.4) is 0 Å². The maximum atomic E-state index is 9.24. The van der Waals surface area contributed by atoms with Gasteiger partial charge in [-0.15, -0.1) is 11.3 Å². The molecule has 4 aromatic carbocycles. The number of nitriles is 1. The molecule has 5 aromatic rings. The highest BCUT2D eigenvalue weighted by Gasteiger charge is 2.38. The van der Waals surface area contributed by atoms with E-state index in [2.05, 4.69) is 123 Å². The molecule has 0 radical (unpaired) electrons. The highest BCUT2D eigenvalue weighted by Crippen LogP contribution is 2.54. The second-order valence-electron chi connectivity index (χ2n) is 11.1. The van der Waals surface area contributed by atoms with Gasteiger partial charge >= 0.3 is 0 Å². The van der Waals surface area contributed by atoms with Gasteiger partial charge < -0.3 is 4.90 Å².